The minimum Gasteiger partial charge on any atom is -0.310 e. The van der Waals surface area contributed by atoms with Crippen molar-refractivity contribution in [3.05, 3.63) is 69.2 Å². The largest absolute Gasteiger partial charge is 0.310 e. The molecule has 0 amide bonds. The Kier molecular flexibility index (Phi) is 6.01. The fourth-order valence-corrected chi connectivity index (χ4v) is 3.18. The van der Waals surface area contributed by atoms with E-state index in [1.165, 1.54) is 22.3 Å². The number of hydrogen-bond donors (Lipinski definition) is 1. The Morgan fingerprint density at radius 3 is 2.38 bits per heavy atom. The van der Waals surface area contributed by atoms with Gasteiger partial charge in [-0.15, -0.1) is 0 Å². The average molecular weight is 346 g/mol. The lowest BCUT2D eigenvalue weighted by Crippen LogP contribution is -2.24. The molecule has 1 nitrogen and oxygen atoms in total. The van der Waals surface area contributed by atoms with Gasteiger partial charge < -0.3 is 5.32 Å². The monoisotopic (exact) mass is 345 g/mol. The second-order valence-corrected chi connectivity index (χ2v) is 6.68. The van der Waals surface area contributed by atoms with E-state index in [1.54, 1.807) is 0 Å². The Morgan fingerprint density at radius 2 is 1.76 bits per heavy atom. The van der Waals surface area contributed by atoms with Crippen LogP contribution in [0.15, 0.2) is 46.9 Å². The van der Waals surface area contributed by atoms with Crippen molar-refractivity contribution in [3.63, 3.8) is 0 Å². The van der Waals surface area contributed by atoms with Crippen LogP contribution in [-0.4, -0.2) is 6.54 Å². The van der Waals surface area contributed by atoms with Gasteiger partial charge in [-0.2, -0.15) is 0 Å². The molecule has 0 aliphatic carbocycles. The van der Waals surface area contributed by atoms with Gasteiger partial charge >= 0.3 is 0 Å². The molecule has 1 atom stereocenters. The second-order valence-electron chi connectivity index (χ2n) is 5.76. The smallest absolute Gasteiger partial charge is 0.0361 e. The highest BCUT2D eigenvalue weighted by molar-refractivity contribution is 9.10. The van der Waals surface area contributed by atoms with E-state index >= 15 is 0 Å². The Bertz CT molecular complexity index is 572. The molecule has 21 heavy (non-hydrogen) atoms. The molecular formula is C19H24BrN. The van der Waals surface area contributed by atoms with Crippen LogP contribution in [0.5, 0.6) is 0 Å². The van der Waals surface area contributed by atoms with Crippen molar-refractivity contribution in [2.24, 2.45) is 0 Å². The summed E-state index contributed by atoms with van der Waals surface area (Å²) in [7, 11) is 0. The summed E-state index contributed by atoms with van der Waals surface area (Å²) in [5.74, 6) is 0. The van der Waals surface area contributed by atoms with Gasteiger partial charge in [0, 0.05) is 10.5 Å². The summed E-state index contributed by atoms with van der Waals surface area (Å²) in [5, 5.41) is 3.69. The average Bonchev–Trinajstić information content (AvgIpc) is 2.42. The highest BCUT2D eigenvalue weighted by Crippen LogP contribution is 2.23. The normalized spacial score (nSPS) is 12.4. The first-order valence-corrected chi connectivity index (χ1v) is 8.44. The van der Waals surface area contributed by atoms with E-state index in [4.69, 9.17) is 0 Å². The molecule has 1 unspecified atom stereocenters. The third kappa shape index (κ3) is 4.98. The molecule has 0 fully saturated rings. The quantitative estimate of drug-likeness (QED) is 0.743. The fourth-order valence-electron chi connectivity index (χ4n) is 2.74. The maximum Gasteiger partial charge on any atom is 0.0361 e. The van der Waals surface area contributed by atoms with Crippen LogP contribution in [0, 0.1) is 13.8 Å². The molecule has 0 radical (unpaired) electrons. The zero-order valence-corrected chi connectivity index (χ0v) is 14.7. The van der Waals surface area contributed by atoms with Gasteiger partial charge in [-0.1, -0.05) is 64.3 Å². The Balaban J connectivity index is 2.25. The van der Waals surface area contributed by atoms with Crippen molar-refractivity contribution in [1.82, 2.24) is 5.32 Å². The van der Waals surface area contributed by atoms with Crippen LogP contribution in [0.1, 0.15) is 41.6 Å². The van der Waals surface area contributed by atoms with Crippen LogP contribution in [0.4, 0.5) is 0 Å². The summed E-state index contributed by atoms with van der Waals surface area (Å²) in [4.78, 5) is 0. The molecule has 2 aromatic rings. The molecule has 2 aromatic carbocycles. The van der Waals surface area contributed by atoms with Gasteiger partial charge in [0.05, 0.1) is 0 Å². The summed E-state index contributed by atoms with van der Waals surface area (Å²) < 4.78 is 1.15. The maximum atomic E-state index is 3.69. The summed E-state index contributed by atoms with van der Waals surface area (Å²) in [6.07, 6.45) is 2.17. The summed E-state index contributed by atoms with van der Waals surface area (Å²) in [6.45, 7) is 7.61. The molecule has 0 aliphatic rings. The zero-order valence-electron chi connectivity index (χ0n) is 13.1. The number of halogens is 1. The van der Waals surface area contributed by atoms with Crippen LogP contribution >= 0.6 is 15.9 Å². The third-order valence-electron chi connectivity index (χ3n) is 3.62. The molecule has 0 saturated carbocycles. The number of benzene rings is 2. The van der Waals surface area contributed by atoms with Crippen LogP contribution in [0.3, 0.4) is 0 Å². The van der Waals surface area contributed by atoms with E-state index in [0.717, 1.165) is 23.9 Å². The SMILES string of the molecule is CCCNC(Cc1cccc(Br)c1)c1cc(C)cc(C)c1. The van der Waals surface area contributed by atoms with Gasteiger partial charge in [0.15, 0.2) is 0 Å². The third-order valence-corrected chi connectivity index (χ3v) is 4.11. The van der Waals surface area contributed by atoms with E-state index in [0.29, 0.717) is 6.04 Å². The van der Waals surface area contributed by atoms with Gasteiger partial charge in [0.1, 0.15) is 0 Å². The van der Waals surface area contributed by atoms with Crippen molar-refractivity contribution in [3.8, 4) is 0 Å². The number of rotatable bonds is 6. The lowest BCUT2D eigenvalue weighted by Gasteiger charge is -2.20. The Morgan fingerprint density at radius 1 is 1.05 bits per heavy atom. The van der Waals surface area contributed by atoms with Crippen LogP contribution in [0.25, 0.3) is 0 Å². The molecule has 2 rings (SSSR count). The summed E-state index contributed by atoms with van der Waals surface area (Å²) in [5.41, 5.74) is 5.42. The van der Waals surface area contributed by atoms with Crippen molar-refractivity contribution in [2.75, 3.05) is 6.54 Å². The molecule has 0 bridgehead atoms. The predicted octanol–water partition coefficient (Wildman–Crippen LogP) is 5.35. The molecule has 1 N–H and O–H groups in total. The lowest BCUT2D eigenvalue weighted by atomic mass is 9.96. The van der Waals surface area contributed by atoms with Crippen molar-refractivity contribution >= 4 is 15.9 Å². The molecule has 0 spiro atoms. The molecular weight excluding hydrogens is 322 g/mol. The van der Waals surface area contributed by atoms with E-state index in [1.807, 2.05) is 0 Å². The second kappa shape index (κ2) is 7.77. The molecule has 0 aliphatic heterocycles. The molecule has 0 aromatic heterocycles. The van der Waals surface area contributed by atoms with Crippen LogP contribution < -0.4 is 5.32 Å². The van der Waals surface area contributed by atoms with Crippen molar-refractivity contribution < 1.29 is 0 Å². The van der Waals surface area contributed by atoms with Crippen LogP contribution in [-0.2, 0) is 6.42 Å². The van der Waals surface area contributed by atoms with Gasteiger partial charge in [-0.3, -0.25) is 0 Å². The molecule has 0 saturated heterocycles. The highest BCUT2D eigenvalue weighted by atomic mass is 79.9. The summed E-state index contributed by atoms with van der Waals surface area (Å²) in [6, 6.07) is 15.8. The first-order valence-electron chi connectivity index (χ1n) is 7.64. The first kappa shape index (κ1) is 16.3. The molecule has 112 valence electrons. The topological polar surface area (TPSA) is 12.0 Å². The fraction of sp³-hybridized carbons (Fsp3) is 0.368. The van der Waals surface area contributed by atoms with Gasteiger partial charge in [-0.05, 0) is 56.5 Å². The van der Waals surface area contributed by atoms with Gasteiger partial charge in [0.2, 0.25) is 0 Å². The van der Waals surface area contributed by atoms with E-state index in [2.05, 4.69) is 84.5 Å². The minimum absolute atomic E-state index is 0.373. The van der Waals surface area contributed by atoms with Crippen molar-refractivity contribution in [1.29, 1.82) is 0 Å². The highest BCUT2D eigenvalue weighted by Gasteiger charge is 2.12. The van der Waals surface area contributed by atoms with Crippen molar-refractivity contribution in [2.45, 2.75) is 39.7 Å². The number of nitrogens with one attached hydrogen (secondary N) is 1. The predicted molar refractivity (Wildman–Crippen MR) is 94.8 cm³/mol. The van der Waals surface area contributed by atoms with E-state index in [9.17, 15) is 0 Å². The zero-order chi connectivity index (χ0) is 15.2. The van der Waals surface area contributed by atoms with E-state index < -0.39 is 0 Å². The Hall–Kier alpha value is -1.12. The maximum absolute atomic E-state index is 3.69. The van der Waals surface area contributed by atoms with Gasteiger partial charge in [-0.25, -0.2) is 0 Å². The van der Waals surface area contributed by atoms with E-state index in [-0.39, 0.29) is 0 Å². The Labute approximate surface area is 136 Å². The number of hydrogen-bond acceptors (Lipinski definition) is 1. The van der Waals surface area contributed by atoms with Gasteiger partial charge in [0.25, 0.3) is 0 Å². The first-order chi connectivity index (χ1) is 10.1. The molecule has 2 heteroatoms. The van der Waals surface area contributed by atoms with Crippen LogP contribution in [0.2, 0.25) is 0 Å². The molecule has 0 heterocycles. The standard InChI is InChI=1S/C19H24BrN/c1-4-8-21-19(13-16-6-5-7-18(20)12-16)17-10-14(2)9-15(3)11-17/h5-7,9-12,19,21H,4,8,13H2,1-3H3. The number of aryl methyl sites for hydroxylation is 2. The lowest BCUT2D eigenvalue weighted by molar-refractivity contribution is 0.528. The summed E-state index contributed by atoms with van der Waals surface area (Å²) >= 11 is 3.56. The minimum atomic E-state index is 0.373.